The van der Waals surface area contributed by atoms with Crippen LogP contribution in [-0.2, 0) is 0 Å². The van der Waals surface area contributed by atoms with Gasteiger partial charge in [0.15, 0.2) is 0 Å². The fourth-order valence-electron chi connectivity index (χ4n) is 2.82. The van der Waals surface area contributed by atoms with E-state index in [0.717, 1.165) is 25.4 Å². The summed E-state index contributed by atoms with van der Waals surface area (Å²) < 4.78 is 0. The Kier molecular flexibility index (Phi) is 5.63. The fourth-order valence-corrected chi connectivity index (χ4v) is 2.82. The number of rotatable bonds is 6. The largest absolute Gasteiger partial charge is 0.394 e. The Hall–Kier alpha value is -0.120. The van der Waals surface area contributed by atoms with Crippen molar-refractivity contribution in [3.63, 3.8) is 0 Å². The minimum Gasteiger partial charge on any atom is -0.394 e. The second-order valence-corrected chi connectivity index (χ2v) is 7.29. The lowest BCUT2D eigenvalue weighted by Gasteiger charge is -2.39. The average molecular weight is 256 g/mol. The number of nitrogens with zero attached hydrogens (tertiary/aromatic N) is 1. The number of hydrogen-bond donors (Lipinski definition) is 2. The molecular formula is C15H32N2O. The molecule has 3 heteroatoms. The van der Waals surface area contributed by atoms with Crippen molar-refractivity contribution in [1.82, 2.24) is 4.90 Å². The molecule has 3 nitrogen and oxygen atoms in total. The molecule has 0 aromatic heterocycles. The van der Waals surface area contributed by atoms with E-state index >= 15 is 0 Å². The molecule has 18 heavy (non-hydrogen) atoms. The van der Waals surface area contributed by atoms with Gasteiger partial charge in [-0.05, 0) is 64.5 Å². The third-order valence-corrected chi connectivity index (χ3v) is 4.55. The zero-order valence-electron chi connectivity index (χ0n) is 12.7. The summed E-state index contributed by atoms with van der Waals surface area (Å²) in [6.45, 7) is 7.86. The number of nitrogens with two attached hydrogens (primary N) is 1. The lowest BCUT2D eigenvalue weighted by atomic mass is 9.75. The second-order valence-electron chi connectivity index (χ2n) is 7.29. The normalized spacial score (nSPS) is 24.2. The SMILES string of the molecule is CN(CCCC(C)(N)CO)C1CCC(C)(C)CC1. The van der Waals surface area contributed by atoms with Gasteiger partial charge in [-0.1, -0.05) is 13.8 Å². The van der Waals surface area contributed by atoms with Crippen LogP contribution >= 0.6 is 0 Å². The standard InChI is InChI=1S/C15H32N2O/c1-14(2)9-6-13(7-10-14)17(4)11-5-8-15(3,16)12-18/h13,18H,5-12,16H2,1-4H3. The van der Waals surface area contributed by atoms with Crippen molar-refractivity contribution < 1.29 is 5.11 Å². The molecule has 1 atom stereocenters. The molecule has 0 aromatic carbocycles. The van der Waals surface area contributed by atoms with Crippen LogP contribution in [0.3, 0.4) is 0 Å². The Balaban J connectivity index is 2.24. The molecule has 1 saturated carbocycles. The molecule has 0 spiro atoms. The van der Waals surface area contributed by atoms with E-state index in [0.29, 0.717) is 5.41 Å². The van der Waals surface area contributed by atoms with E-state index in [4.69, 9.17) is 10.8 Å². The van der Waals surface area contributed by atoms with Crippen LogP contribution in [-0.4, -0.2) is 41.8 Å². The van der Waals surface area contributed by atoms with Crippen LogP contribution in [0.25, 0.3) is 0 Å². The lowest BCUT2D eigenvalue weighted by Crippen LogP contribution is -2.42. The molecule has 108 valence electrons. The van der Waals surface area contributed by atoms with E-state index in [-0.39, 0.29) is 6.61 Å². The van der Waals surface area contributed by atoms with Gasteiger partial charge in [-0.25, -0.2) is 0 Å². The van der Waals surface area contributed by atoms with Crippen LogP contribution in [0.15, 0.2) is 0 Å². The summed E-state index contributed by atoms with van der Waals surface area (Å²) in [6.07, 6.45) is 7.29. The van der Waals surface area contributed by atoms with Crippen molar-refractivity contribution in [2.75, 3.05) is 20.2 Å². The van der Waals surface area contributed by atoms with Crippen molar-refractivity contribution >= 4 is 0 Å². The van der Waals surface area contributed by atoms with Gasteiger partial charge in [-0.3, -0.25) is 0 Å². The van der Waals surface area contributed by atoms with E-state index in [1.165, 1.54) is 25.7 Å². The summed E-state index contributed by atoms with van der Waals surface area (Å²) in [7, 11) is 2.23. The van der Waals surface area contributed by atoms with Crippen LogP contribution < -0.4 is 5.73 Å². The number of aliphatic hydroxyl groups is 1. The zero-order valence-corrected chi connectivity index (χ0v) is 12.7. The highest BCUT2D eigenvalue weighted by atomic mass is 16.3. The molecule has 0 heterocycles. The highest BCUT2D eigenvalue weighted by Crippen LogP contribution is 2.36. The maximum atomic E-state index is 9.13. The highest BCUT2D eigenvalue weighted by Gasteiger charge is 2.28. The maximum absolute atomic E-state index is 9.13. The van der Waals surface area contributed by atoms with Gasteiger partial charge in [0.25, 0.3) is 0 Å². The molecule has 0 radical (unpaired) electrons. The van der Waals surface area contributed by atoms with Gasteiger partial charge >= 0.3 is 0 Å². The summed E-state index contributed by atoms with van der Waals surface area (Å²) in [5, 5.41) is 9.13. The number of aliphatic hydroxyl groups excluding tert-OH is 1. The Morgan fingerprint density at radius 1 is 1.33 bits per heavy atom. The third kappa shape index (κ3) is 5.25. The van der Waals surface area contributed by atoms with Gasteiger partial charge in [-0.2, -0.15) is 0 Å². The summed E-state index contributed by atoms with van der Waals surface area (Å²) in [6, 6.07) is 0.746. The molecule has 0 bridgehead atoms. The molecule has 0 saturated heterocycles. The number of hydrogen-bond acceptors (Lipinski definition) is 3. The van der Waals surface area contributed by atoms with Crippen molar-refractivity contribution in [3.8, 4) is 0 Å². The molecule has 1 aliphatic carbocycles. The topological polar surface area (TPSA) is 49.5 Å². The smallest absolute Gasteiger partial charge is 0.0608 e. The van der Waals surface area contributed by atoms with Crippen LogP contribution in [0.1, 0.15) is 59.3 Å². The first-order valence-electron chi connectivity index (χ1n) is 7.36. The summed E-state index contributed by atoms with van der Waals surface area (Å²) in [4.78, 5) is 2.49. The predicted octanol–water partition coefficient (Wildman–Crippen LogP) is 2.38. The molecule has 0 aliphatic heterocycles. The van der Waals surface area contributed by atoms with Gasteiger partial charge in [-0.15, -0.1) is 0 Å². The molecule has 1 aliphatic rings. The Morgan fingerprint density at radius 2 is 1.89 bits per heavy atom. The zero-order chi connectivity index (χ0) is 13.8. The minimum atomic E-state index is -0.407. The predicted molar refractivity (Wildman–Crippen MR) is 77.6 cm³/mol. The van der Waals surface area contributed by atoms with Gasteiger partial charge in [0.05, 0.1) is 6.61 Å². The van der Waals surface area contributed by atoms with Crippen LogP contribution in [0.2, 0.25) is 0 Å². The highest BCUT2D eigenvalue weighted by molar-refractivity contribution is 4.83. The summed E-state index contributed by atoms with van der Waals surface area (Å²) in [5.41, 5.74) is 6.09. The Morgan fingerprint density at radius 3 is 2.39 bits per heavy atom. The quantitative estimate of drug-likeness (QED) is 0.767. The molecule has 0 aromatic rings. The molecular weight excluding hydrogens is 224 g/mol. The van der Waals surface area contributed by atoms with Crippen molar-refractivity contribution in [3.05, 3.63) is 0 Å². The first kappa shape index (κ1) is 15.9. The molecule has 1 rings (SSSR count). The van der Waals surface area contributed by atoms with Crippen molar-refractivity contribution in [1.29, 1.82) is 0 Å². The van der Waals surface area contributed by atoms with E-state index in [9.17, 15) is 0 Å². The van der Waals surface area contributed by atoms with Gasteiger partial charge in [0.1, 0.15) is 0 Å². The van der Waals surface area contributed by atoms with E-state index in [1.54, 1.807) is 0 Å². The van der Waals surface area contributed by atoms with E-state index in [2.05, 4.69) is 25.8 Å². The molecule has 3 N–H and O–H groups in total. The van der Waals surface area contributed by atoms with Gasteiger partial charge in [0, 0.05) is 11.6 Å². The minimum absolute atomic E-state index is 0.0777. The van der Waals surface area contributed by atoms with Crippen LogP contribution in [0, 0.1) is 5.41 Å². The first-order valence-corrected chi connectivity index (χ1v) is 7.36. The van der Waals surface area contributed by atoms with E-state index < -0.39 is 5.54 Å². The molecule has 1 unspecified atom stereocenters. The average Bonchev–Trinajstić information content (AvgIpc) is 2.28. The lowest BCUT2D eigenvalue weighted by molar-refractivity contribution is 0.122. The molecule has 0 amide bonds. The Labute approximate surface area is 113 Å². The van der Waals surface area contributed by atoms with Gasteiger partial charge < -0.3 is 15.7 Å². The first-order chi connectivity index (χ1) is 8.26. The monoisotopic (exact) mass is 256 g/mol. The maximum Gasteiger partial charge on any atom is 0.0608 e. The summed E-state index contributed by atoms with van der Waals surface area (Å²) >= 11 is 0. The van der Waals surface area contributed by atoms with Crippen LogP contribution in [0.5, 0.6) is 0 Å². The van der Waals surface area contributed by atoms with Gasteiger partial charge in [0.2, 0.25) is 0 Å². The third-order valence-electron chi connectivity index (χ3n) is 4.55. The van der Waals surface area contributed by atoms with Crippen LogP contribution in [0.4, 0.5) is 0 Å². The van der Waals surface area contributed by atoms with Crippen molar-refractivity contribution in [2.45, 2.75) is 70.9 Å². The van der Waals surface area contributed by atoms with E-state index in [1.807, 2.05) is 6.92 Å². The summed E-state index contributed by atoms with van der Waals surface area (Å²) in [5.74, 6) is 0. The molecule has 1 fully saturated rings. The fraction of sp³-hybridized carbons (Fsp3) is 1.00. The van der Waals surface area contributed by atoms with Crippen molar-refractivity contribution in [2.24, 2.45) is 11.1 Å². The second kappa shape index (κ2) is 6.36. The Bertz CT molecular complexity index is 241.